The van der Waals surface area contributed by atoms with E-state index in [1.54, 1.807) is 0 Å². The normalized spacial score (nSPS) is 13.3. The molecule has 0 spiro atoms. The molecule has 1 aromatic carbocycles. The Morgan fingerprint density at radius 3 is 2.87 bits per heavy atom. The van der Waals surface area contributed by atoms with Crippen molar-refractivity contribution < 1.29 is 0 Å². The van der Waals surface area contributed by atoms with Gasteiger partial charge in [0.2, 0.25) is 0 Å². The fraction of sp³-hybridized carbons (Fsp3) is 0.333. The van der Waals surface area contributed by atoms with Gasteiger partial charge in [-0.15, -0.1) is 0 Å². The van der Waals surface area contributed by atoms with Crippen LogP contribution in [-0.4, -0.2) is 10.6 Å². The van der Waals surface area contributed by atoms with E-state index in [9.17, 15) is 0 Å². The molecule has 0 amide bonds. The number of aromatic nitrogens is 1. The van der Waals surface area contributed by atoms with Crippen LogP contribution in [0.3, 0.4) is 0 Å². The first-order chi connectivity index (χ1) is 7.08. The number of rotatable bonds is 2. The third kappa shape index (κ3) is 2.01. The molecule has 15 heavy (non-hydrogen) atoms. The summed E-state index contributed by atoms with van der Waals surface area (Å²) in [6.07, 6.45) is 2.89. The van der Waals surface area contributed by atoms with Crippen LogP contribution in [0.4, 0.5) is 0 Å². The minimum atomic E-state index is 0.169. The molecule has 2 aromatic rings. The van der Waals surface area contributed by atoms with E-state index in [0.717, 1.165) is 17.0 Å². The molecule has 0 aliphatic carbocycles. The minimum absolute atomic E-state index is 0.169. The SMILES string of the molecule is CC(N)Cc1cc(Cl)c2c(ccn2C)c1. The van der Waals surface area contributed by atoms with E-state index in [0.29, 0.717) is 0 Å². The molecule has 1 unspecified atom stereocenters. The molecule has 1 aromatic heterocycles. The van der Waals surface area contributed by atoms with Gasteiger partial charge in [0.25, 0.3) is 0 Å². The van der Waals surface area contributed by atoms with E-state index >= 15 is 0 Å². The van der Waals surface area contributed by atoms with Crippen molar-refractivity contribution in [3.63, 3.8) is 0 Å². The van der Waals surface area contributed by atoms with E-state index < -0.39 is 0 Å². The van der Waals surface area contributed by atoms with Crippen molar-refractivity contribution >= 4 is 22.5 Å². The number of fused-ring (bicyclic) bond motifs is 1. The van der Waals surface area contributed by atoms with Gasteiger partial charge >= 0.3 is 0 Å². The van der Waals surface area contributed by atoms with Crippen LogP contribution in [0, 0.1) is 0 Å². The lowest BCUT2D eigenvalue weighted by Gasteiger charge is -2.07. The summed E-state index contributed by atoms with van der Waals surface area (Å²) in [5.74, 6) is 0. The van der Waals surface area contributed by atoms with Gasteiger partial charge in [0.15, 0.2) is 0 Å². The third-order valence-corrected chi connectivity index (χ3v) is 2.83. The fourth-order valence-corrected chi connectivity index (χ4v) is 2.32. The predicted octanol–water partition coefficient (Wildman–Crippen LogP) is 2.72. The second kappa shape index (κ2) is 3.87. The Hall–Kier alpha value is -0.990. The summed E-state index contributed by atoms with van der Waals surface area (Å²) in [5, 5.41) is 1.98. The minimum Gasteiger partial charge on any atom is -0.349 e. The summed E-state index contributed by atoms with van der Waals surface area (Å²) in [6.45, 7) is 2.00. The van der Waals surface area contributed by atoms with Crippen molar-refractivity contribution in [2.45, 2.75) is 19.4 Å². The average molecular weight is 223 g/mol. The molecule has 0 saturated heterocycles. The maximum atomic E-state index is 6.23. The van der Waals surface area contributed by atoms with Crippen LogP contribution in [0.5, 0.6) is 0 Å². The van der Waals surface area contributed by atoms with Gasteiger partial charge in [-0.3, -0.25) is 0 Å². The summed E-state index contributed by atoms with van der Waals surface area (Å²) < 4.78 is 2.04. The summed E-state index contributed by atoms with van der Waals surface area (Å²) in [5.41, 5.74) is 8.07. The van der Waals surface area contributed by atoms with Gasteiger partial charge < -0.3 is 10.3 Å². The third-order valence-electron chi connectivity index (χ3n) is 2.54. The van der Waals surface area contributed by atoms with Gasteiger partial charge in [0, 0.05) is 24.7 Å². The zero-order valence-corrected chi connectivity index (χ0v) is 9.75. The van der Waals surface area contributed by atoms with Crippen molar-refractivity contribution in [3.05, 3.63) is 35.0 Å². The van der Waals surface area contributed by atoms with Crippen molar-refractivity contribution in [1.29, 1.82) is 0 Å². The summed E-state index contributed by atoms with van der Waals surface area (Å²) in [6, 6.07) is 6.41. The van der Waals surface area contributed by atoms with E-state index in [-0.39, 0.29) is 6.04 Å². The first-order valence-corrected chi connectivity index (χ1v) is 5.45. The Labute approximate surface area is 94.6 Å². The van der Waals surface area contributed by atoms with Gasteiger partial charge in [-0.05, 0) is 37.1 Å². The summed E-state index contributed by atoms with van der Waals surface area (Å²) in [4.78, 5) is 0. The number of halogens is 1. The van der Waals surface area contributed by atoms with Gasteiger partial charge in [-0.1, -0.05) is 11.6 Å². The molecule has 0 bridgehead atoms. The number of aryl methyl sites for hydroxylation is 1. The second-order valence-corrected chi connectivity index (χ2v) is 4.53. The van der Waals surface area contributed by atoms with Crippen molar-refractivity contribution in [2.24, 2.45) is 12.8 Å². The zero-order chi connectivity index (χ0) is 11.0. The van der Waals surface area contributed by atoms with Crippen LogP contribution in [0.15, 0.2) is 24.4 Å². The Balaban J connectivity index is 2.53. The topological polar surface area (TPSA) is 30.9 Å². The molecular formula is C12H15ClN2. The monoisotopic (exact) mass is 222 g/mol. The molecule has 0 fully saturated rings. The quantitative estimate of drug-likeness (QED) is 0.833. The first kappa shape index (κ1) is 10.5. The lowest BCUT2D eigenvalue weighted by molar-refractivity contribution is 0.739. The summed E-state index contributed by atoms with van der Waals surface area (Å²) in [7, 11) is 2.00. The van der Waals surface area contributed by atoms with Crippen LogP contribution >= 0.6 is 11.6 Å². The highest BCUT2D eigenvalue weighted by Gasteiger charge is 2.06. The molecule has 0 aliphatic rings. The van der Waals surface area contributed by atoms with Gasteiger partial charge in [-0.25, -0.2) is 0 Å². The van der Waals surface area contributed by atoms with Gasteiger partial charge in [0.1, 0.15) is 0 Å². The van der Waals surface area contributed by atoms with Crippen molar-refractivity contribution in [1.82, 2.24) is 4.57 Å². The van der Waals surface area contributed by atoms with E-state index in [4.69, 9.17) is 17.3 Å². The molecule has 2 nitrogen and oxygen atoms in total. The Morgan fingerprint density at radius 1 is 1.47 bits per heavy atom. The molecule has 0 aliphatic heterocycles. The number of hydrogen-bond acceptors (Lipinski definition) is 1. The molecule has 3 heteroatoms. The number of benzene rings is 1. The standard InChI is InChI=1S/C12H15ClN2/c1-8(14)5-9-6-10-3-4-15(2)12(10)11(13)7-9/h3-4,6-8H,5,14H2,1-2H3. The Bertz CT molecular complexity index is 486. The predicted molar refractivity (Wildman–Crippen MR) is 65.3 cm³/mol. The zero-order valence-electron chi connectivity index (χ0n) is 9.00. The van der Waals surface area contributed by atoms with Crippen LogP contribution in [-0.2, 0) is 13.5 Å². The second-order valence-electron chi connectivity index (χ2n) is 4.12. The van der Waals surface area contributed by atoms with Crippen molar-refractivity contribution in [3.8, 4) is 0 Å². The van der Waals surface area contributed by atoms with Crippen LogP contribution in [0.25, 0.3) is 10.9 Å². The molecule has 1 atom stereocenters. The number of nitrogens with zero attached hydrogens (tertiary/aromatic N) is 1. The van der Waals surface area contributed by atoms with E-state index in [1.807, 2.05) is 30.8 Å². The highest BCUT2D eigenvalue weighted by Crippen LogP contribution is 2.26. The Kier molecular flexibility index (Phi) is 2.72. The van der Waals surface area contributed by atoms with Gasteiger partial charge in [-0.2, -0.15) is 0 Å². The molecule has 80 valence electrons. The highest BCUT2D eigenvalue weighted by atomic mass is 35.5. The average Bonchev–Trinajstić information content (AvgIpc) is 2.46. The molecule has 0 radical (unpaired) electrons. The van der Waals surface area contributed by atoms with Crippen LogP contribution < -0.4 is 5.73 Å². The van der Waals surface area contributed by atoms with Crippen LogP contribution in [0.2, 0.25) is 5.02 Å². The number of hydrogen-bond donors (Lipinski definition) is 1. The van der Waals surface area contributed by atoms with Crippen LogP contribution in [0.1, 0.15) is 12.5 Å². The maximum Gasteiger partial charge on any atom is 0.0667 e. The van der Waals surface area contributed by atoms with E-state index in [2.05, 4.69) is 12.1 Å². The molecular weight excluding hydrogens is 208 g/mol. The van der Waals surface area contributed by atoms with Crippen molar-refractivity contribution in [2.75, 3.05) is 0 Å². The molecule has 2 rings (SSSR count). The lowest BCUT2D eigenvalue weighted by Crippen LogP contribution is -2.17. The first-order valence-electron chi connectivity index (χ1n) is 5.07. The van der Waals surface area contributed by atoms with Gasteiger partial charge in [0.05, 0.1) is 10.5 Å². The Morgan fingerprint density at radius 2 is 2.20 bits per heavy atom. The molecule has 2 N–H and O–H groups in total. The molecule has 0 saturated carbocycles. The summed E-state index contributed by atoms with van der Waals surface area (Å²) >= 11 is 6.23. The smallest absolute Gasteiger partial charge is 0.0667 e. The fourth-order valence-electron chi connectivity index (χ4n) is 1.93. The largest absolute Gasteiger partial charge is 0.349 e. The maximum absolute atomic E-state index is 6.23. The molecule has 1 heterocycles. The lowest BCUT2D eigenvalue weighted by atomic mass is 10.1. The highest BCUT2D eigenvalue weighted by molar-refractivity contribution is 6.35. The van der Waals surface area contributed by atoms with E-state index in [1.165, 1.54) is 10.9 Å². The number of nitrogens with two attached hydrogens (primary N) is 1.